The number of esters is 1. The molecular formula is C26H37N5O2. The van der Waals surface area contributed by atoms with Gasteiger partial charge in [0.2, 0.25) is 0 Å². The second-order valence-corrected chi connectivity index (χ2v) is 10.4. The highest BCUT2D eigenvalue weighted by Crippen LogP contribution is 2.46. The molecule has 7 nitrogen and oxygen atoms in total. The Labute approximate surface area is 196 Å². The first-order valence-corrected chi connectivity index (χ1v) is 12.6. The Hall–Kier alpha value is -2.25. The Morgan fingerprint density at radius 1 is 1.12 bits per heavy atom. The highest BCUT2D eigenvalue weighted by Gasteiger charge is 2.42. The molecule has 3 aliphatic rings. The molecule has 2 bridgehead atoms. The molecule has 5 rings (SSSR count). The largest absolute Gasteiger partial charge is 0.467 e. The predicted octanol–water partition coefficient (Wildman–Crippen LogP) is 3.55. The van der Waals surface area contributed by atoms with Gasteiger partial charge in [-0.05, 0) is 49.1 Å². The maximum Gasteiger partial charge on any atom is 0.328 e. The van der Waals surface area contributed by atoms with Crippen LogP contribution in [0.15, 0.2) is 24.3 Å². The maximum atomic E-state index is 12.3. The van der Waals surface area contributed by atoms with E-state index in [-0.39, 0.29) is 11.9 Å². The van der Waals surface area contributed by atoms with Crippen molar-refractivity contribution < 1.29 is 9.53 Å². The van der Waals surface area contributed by atoms with E-state index in [1.807, 2.05) is 38.1 Å². The summed E-state index contributed by atoms with van der Waals surface area (Å²) in [6.45, 7) is 9.15. The van der Waals surface area contributed by atoms with E-state index in [0.29, 0.717) is 5.82 Å². The lowest BCUT2D eigenvalue weighted by atomic mass is 9.93. The predicted molar refractivity (Wildman–Crippen MR) is 130 cm³/mol. The number of nitrogens with one attached hydrogen (secondary N) is 1. The lowest BCUT2D eigenvalue weighted by Gasteiger charge is -2.40. The third kappa shape index (κ3) is 4.71. The van der Waals surface area contributed by atoms with Crippen molar-refractivity contribution in [2.75, 3.05) is 38.6 Å². The lowest BCUT2D eigenvalue weighted by molar-refractivity contribution is -0.142. The first-order chi connectivity index (χ1) is 16.0. The molecule has 1 unspecified atom stereocenters. The summed E-state index contributed by atoms with van der Waals surface area (Å²) in [4.78, 5) is 27.3. The number of benzene rings is 1. The van der Waals surface area contributed by atoms with Gasteiger partial charge in [-0.1, -0.05) is 32.4 Å². The summed E-state index contributed by atoms with van der Waals surface area (Å²) in [7, 11) is 1.43. The van der Waals surface area contributed by atoms with Gasteiger partial charge in [0.1, 0.15) is 17.7 Å². The van der Waals surface area contributed by atoms with E-state index in [1.165, 1.54) is 32.8 Å². The molecule has 0 amide bonds. The number of rotatable bonds is 7. The minimum absolute atomic E-state index is 0.0774. The topological polar surface area (TPSA) is 70.6 Å². The van der Waals surface area contributed by atoms with Crippen molar-refractivity contribution in [1.82, 2.24) is 19.8 Å². The molecule has 1 aromatic carbocycles. The third-order valence-corrected chi connectivity index (χ3v) is 8.01. The summed E-state index contributed by atoms with van der Waals surface area (Å²) in [5, 5.41) is 4.28. The average molecular weight is 452 g/mol. The number of fused-ring (bicyclic) bond motifs is 3. The number of hydrogen-bond acceptors (Lipinski definition) is 7. The molecule has 1 aromatic heterocycles. The molecular weight excluding hydrogens is 414 g/mol. The van der Waals surface area contributed by atoms with Gasteiger partial charge in [-0.15, -0.1) is 0 Å². The van der Waals surface area contributed by atoms with Crippen LogP contribution in [0.1, 0.15) is 45.4 Å². The molecule has 3 fully saturated rings. The van der Waals surface area contributed by atoms with Gasteiger partial charge in [-0.3, -0.25) is 9.80 Å². The zero-order valence-corrected chi connectivity index (χ0v) is 20.2. The van der Waals surface area contributed by atoms with E-state index < -0.39 is 6.04 Å². The Morgan fingerprint density at radius 2 is 1.91 bits per heavy atom. The minimum Gasteiger partial charge on any atom is -0.467 e. The zero-order valence-electron chi connectivity index (χ0n) is 20.2. The van der Waals surface area contributed by atoms with Crippen molar-refractivity contribution in [3.63, 3.8) is 0 Å². The van der Waals surface area contributed by atoms with Gasteiger partial charge in [0, 0.05) is 37.6 Å². The summed E-state index contributed by atoms with van der Waals surface area (Å²) < 4.78 is 5.02. The molecule has 2 heterocycles. The van der Waals surface area contributed by atoms with Crippen LogP contribution in [0.5, 0.6) is 0 Å². The number of aromatic nitrogens is 2. The monoisotopic (exact) mass is 451 g/mol. The van der Waals surface area contributed by atoms with Gasteiger partial charge in [0.05, 0.1) is 19.2 Å². The van der Waals surface area contributed by atoms with Gasteiger partial charge < -0.3 is 10.1 Å². The molecule has 178 valence electrons. The summed E-state index contributed by atoms with van der Waals surface area (Å²) >= 11 is 0. The van der Waals surface area contributed by atoms with Gasteiger partial charge in [0.25, 0.3) is 0 Å². The fraction of sp³-hybridized carbons (Fsp3) is 0.654. The summed E-state index contributed by atoms with van der Waals surface area (Å²) in [6, 6.07) is 8.37. The first-order valence-electron chi connectivity index (χ1n) is 12.6. The fourth-order valence-electron chi connectivity index (χ4n) is 6.19. The van der Waals surface area contributed by atoms with Crippen molar-refractivity contribution in [2.45, 2.75) is 58.2 Å². The molecule has 2 saturated carbocycles. The normalized spacial score (nSPS) is 26.7. The molecule has 0 radical (unpaired) electrons. The molecule has 1 aliphatic heterocycles. The quantitative estimate of drug-likeness (QED) is 0.646. The van der Waals surface area contributed by atoms with Crippen LogP contribution in [0.25, 0.3) is 10.9 Å². The molecule has 7 heteroatoms. The highest BCUT2D eigenvalue weighted by atomic mass is 16.5. The Morgan fingerprint density at radius 3 is 2.58 bits per heavy atom. The third-order valence-electron chi connectivity index (χ3n) is 8.01. The number of carbonyl (C=O) groups excluding carboxylic acids is 1. The van der Waals surface area contributed by atoms with Crippen LogP contribution in [0.4, 0.5) is 5.82 Å². The number of hydrogen-bond donors (Lipinski definition) is 1. The van der Waals surface area contributed by atoms with Crippen LogP contribution in [-0.2, 0) is 16.1 Å². The average Bonchev–Trinajstić information content (AvgIpc) is 3.46. The van der Waals surface area contributed by atoms with Crippen molar-refractivity contribution in [1.29, 1.82) is 0 Å². The number of anilines is 1. The van der Waals surface area contributed by atoms with Crippen molar-refractivity contribution in [2.24, 2.45) is 17.8 Å². The molecule has 0 spiro atoms. The maximum absolute atomic E-state index is 12.3. The Bertz CT molecular complexity index is 988. The molecule has 1 saturated heterocycles. The number of para-hydroxylation sites is 1. The molecule has 4 atom stereocenters. The molecule has 1 N–H and O–H groups in total. The van der Waals surface area contributed by atoms with E-state index in [0.717, 1.165) is 67.3 Å². The molecule has 2 aliphatic carbocycles. The van der Waals surface area contributed by atoms with Crippen LogP contribution in [0, 0.1) is 17.8 Å². The smallest absolute Gasteiger partial charge is 0.328 e. The van der Waals surface area contributed by atoms with Crippen molar-refractivity contribution in [3.05, 3.63) is 30.1 Å². The summed E-state index contributed by atoms with van der Waals surface area (Å²) in [5.41, 5.74) is 0.901. The van der Waals surface area contributed by atoms with Gasteiger partial charge >= 0.3 is 5.97 Å². The SMILES string of the molecule is COC(=O)[C@@H](Nc1nc(CN2CCN(C3C[C@@H]4CC[C@H]3C4)CC2)nc2ccccc12)C(C)C. The first kappa shape index (κ1) is 22.5. The van der Waals surface area contributed by atoms with Crippen molar-refractivity contribution >= 4 is 22.7 Å². The highest BCUT2D eigenvalue weighted by molar-refractivity contribution is 5.91. The molecule has 2 aromatic rings. The standard InChI is InChI=1S/C26H37N5O2/c1-17(2)24(26(32)33-3)29-25-20-6-4-5-7-21(20)27-23(28-25)16-30-10-12-31(13-11-30)22-15-18-8-9-19(22)14-18/h4-7,17-19,22,24H,8-16H2,1-3H3,(H,27,28,29)/t18-,19+,22?,24+/m1/s1. The van der Waals surface area contributed by atoms with Crippen LogP contribution in [0.3, 0.4) is 0 Å². The zero-order chi connectivity index (χ0) is 22.9. The number of methoxy groups -OCH3 is 1. The Balaban J connectivity index is 1.29. The van der Waals surface area contributed by atoms with Crippen LogP contribution < -0.4 is 5.32 Å². The fourth-order valence-corrected chi connectivity index (χ4v) is 6.19. The van der Waals surface area contributed by atoms with E-state index in [9.17, 15) is 4.79 Å². The van der Waals surface area contributed by atoms with Gasteiger partial charge in [0.15, 0.2) is 0 Å². The minimum atomic E-state index is -0.452. The van der Waals surface area contributed by atoms with Crippen LogP contribution >= 0.6 is 0 Å². The second-order valence-electron chi connectivity index (χ2n) is 10.4. The van der Waals surface area contributed by atoms with Gasteiger partial charge in [-0.2, -0.15) is 0 Å². The van der Waals surface area contributed by atoms with Crippen molar-refractivity contribution in [3.8, 4) is 0 Å². The van der Waals surface area contributed by atoms with E-state index in [2.05, 4.69) is 15.1 Å². The number of nitrogens with zero attached hydrogens (tertiary/aromatic N) is 4. The Kier molecular flexibility index (Phi) is 6.52. The van der Waals surface area contributed by atoms with E-state index in [4.69, 9.17) is 14.7 Å². The van der Waals surface area contributed by atoms with E-state index >= 15 is 0 Å². The van der Waals surface area contributed by atoms with Crippen LogP contribution in [-0.4, -0.2) is 71.1 Å². The summed E-state index contributed by atoms with van der Waals surface area (Å²) in [6.07, 6.45) is 5.79. The van der Waals surface area contributed by atoms with E-state index in [1.54, 1.807) is 0 Å². The molecule has 33 heavy (non-hydrogen) atoms. The lowest BCUT2D eigenvalue weighted by Crippen LogP contribution is -2.51. The number of ether oxygens (including phenoxy) is 1. The summed E-state index contributed by atoms with van der Waals surface area (Å²) in [5.74, 6) is 3.26. The number of piperazine rings is 1. The number of carbonyl (C=O) groups is 1. The van der Waals surface area contributed by atoms with Crippen LogP contribution in [0.2, 0.25) is 0 Å². The second kappa shape index (κ2) is 9.55. The van der Waals surface area contributed by atoms with Gasteiger partial charge in [-0.25, -0.2) is 14.8 Å².